The topological polar surface area (TPSA) is 74.1 Å². The molecule has 0 saturated carbocycles. The van der Waals surface area contributed by atoms with Crippen molar-refractivity contribution in [2.45, 2.75) is 5.54 Å². The molecule has 0 radical (unpaired) electrons. The molecule has 110 valence electrons. The first-order valence-corrected chi connectivity index (χ1v) is 6.92. The second-order valence-electron chi connectivity index (χ2n) is 4.86. The predicted octanol–water partition coefficient (Wildman–Crippen LogP) is 3.13. The lowest BCUT2D eigenvalue weighted by Gasteiger charge is -2.22. The fourth-order valence-corrected chi connectivity index (χ4v) is 2.60. The Labute approximate surface area is 132 Å². The van der Waals surface area contributed by atoms with Gasteiger partial charge in [0.1, 0.15) is 11.8 Å². The second kappa shape index (κ2) is 5.24. The van der Waals surface area contributed by atoms with Crippen molar-refractivity contribution in [3.8, 4) is 11.8 Å². The van der Waals surface area contributed by atoms with Crippen LogP contribution in [0.1, 0.15) is 5.56 Å². The molecule has 1 amide bonds. The first-order chi connectivity index (χ1) is 10.6. The van der Waals surface area contributed by atoms with Crippen LogP contribution in [0.2, 0.25) is 5.02 Å². The van der Waals surface area contributed by atoms with Gasteiger partial charge in [0.2, 0.25) is 5.54 Å². The van der Waals surface area contributed by atoms with Gasteiger partial charge in [0.15, 0.2) is 0 Å². The summed E-state index contributed by atoms with van der Waals surface area (Å²) < 4.78 is 5.09. The van der Waals surface area contributed by atoms with Crippen molar-refractivity contribution in [2.75, 3.05) is 17.7 Å². The molecule has 0 fully saturated rings. The lowest BCUT2D eigenvalue weighted by molar-refractivity contribution is -0.118. The van der Waals surface area contributed by atoms with Crippen molar-refractivity contribution in [3.05, 3.63) is 53.1 Å². The monoisotopic (exact) mass is 313 g/mol. The summed E-state index contributed by atoms with van der Waals surface area (Å²) in [6, 6.07) is 14.0. The van der Waals surface area contributed by atoms with E-state index < -0.39 is 11.4 Å². The molecule has 3 rings (SSSR count). The number of carbonyl (C=O) groups is 1. The van der Waals surface area contributed by atoms with E-state index in [9.17, 15) is 10.1 Å². The van der Waals surface area contributed by atoms with Crippen LogP contribution < -0.4 is 15.4 Å². The molecule has 1 aliphatic rings. The number of hydrogen-bond donors (Lipinski definition) is 2. The third-order valence-corrected chi connectivity index (χ3v) is 3.80. The minimum Gasteiger partial charge on any atom is -0.497 e. The predicted molar refractivity (Wildman–Crippen MR) is 84.0 cm³/mol. The summed E-state index contributed by atoms with van der Waals surface area (Å²) in [4.78, 5) is 12.4. The van der Waals surface area contributed by atoms with Gasteiger partial charge < -0.3 is 15.4 Å². The molecule has 0 saturated heterocycles. The number of fused-ring (bicyclic) bond motifs is 1. The molecule has 5 nitrogen and oxygen atoms in total. The Balaban J connectivity index is 2.04. The largest absolute Gasteiger partial charge is 0.497 e. The highest BCUT2D eigenvalue weighted by atomic mass is 35.5. The molecule has 1 aliphatic heterocycles. The zero-order valence-electron chi connectivity index (χ0n) is 11.7. The number of anilines is 2. The van der Waals surface area contributed by atoms with Gasteiger partial charge in [-0.05, 0) is 42.5 Å². The minimum atomic E-state index is -1.51. The first kappa shape index (κ1) is 14.2. The molecule has 0 spiro atoms. The molecule has 0 bridgehead atoms. The average molecular weight is 314 g/mol. The molecule has 2 N–H and O–H groups in total. The maximum Gasteiger partial charge on any atom is 0.269 e. The number of methoxy groups -OCH3 is 1. The van der Waals surface area contributed by atoms with Crippen LogP contribution in [0.15, 0.2) is 42.5 Å². The number of carbonyl (C=O) groups excluding carboxylic acids is 1. The standard InChI is InChI=1S/C16H12ClN3O2/c1-22-12-5-3-11(4-6-12)20-16(9-18)13-8-10(17)2-7-14(13)19-15(16)21/h2-8,20H,1H3,(H,19,21). The van der Waals surface area contributed by atoms with Crippen molar-refractivity contribution >= 4 is 28.9 Å². The molecule has 1 atom stereocenters. The van der Waals surface area contributed by atoms with E-state index in [2.05, 4.69) is 16.7 Å². The molecule has 1 heterocycles. The molecule has 2 aromatic carbocycles. The number of amides is 1. The summed E-state index contributed by atoms with van der Waals surface area (Å²) in [6.45, 7) is 0. The van der Waals surface area contributed by atoms with Gasteiger partial charge in [-0.15, -0.1) is 0 Å². The lowest BCUT2D eigenvalue weighted by Crippen LogP contribution is -2.40. The van der Waals surface area contributed by atoms with Crippen LogP contribution in [-0.2, 0) is 10.3 Å². The van der Waals surface area contributed by atoms with Crippen molar-refractivity contribution in [2.24, 2.45) is 0 Å². The SMILES string of the molecule is COc1ccc(NC2(C#N)C(=O)Nc3ccc(Cl)cc32)cc1. The van der Waals surface area contributed by atoms with E-state index in [4.69, 9.17) is 16.3 Å². The summed E-state index contributed by atoms with van der Waals surface area (Å²) in [5.41, 5.74) is 0.222. The van der Waals surface area contributed by atoms with Crippen molar-refractivity contribution in [1.82, 2.24) is 0 Å². The van der Waals surface area contributed by atoms with Crippen LogP contribution in [-0.4, -0.2) is 13.0 Å². The number of nitrogens with zero attached hydrogens (tertiary/aromatic N) is 1. The van der Waals surface area contributed by atoms with Gasteiger partial charge in [0, 0.05) is 22.0 Å². The van der Waals surface area contributed by atoms with Crippen molar-refractivity contribution in [3.63, 3.8) is 0 Å². The van der Waals surface area contributed by atoms with Gasteiger partial charge >= 0.3 is 0 Å². The Morgan fingerprint density at radius 2 is 2.00 bits per heavy atom. The highest BCUT2D eigenvalue weighted by Crippen LogP contribution is 2.39. The molecule has 2 aromatic rings. The van der Waals surface area contributed by atoms with Gasteiger partial charge in [0.25, 0.3) is 5.91 Å². The number of nitriles is 1. The molecule has 0 aliphatic carbocycles. The van der Waals surface area contributed by atoms with Crippen LogP contribution >= 0.6 is 11.6 Å². The number of halogens is 1. The summed E-state index contributed by atoms with van der Waals surface area (Å²) in [5.74, 6) is 0.263. The maximum absolute atomic E-state index is 12.4. The van der Waals surface area contributed by atoms with Gasteiger partial charge in [-0.25, -0.2) is 0 Å². The molecular formula is C16H12ClN3O2. The van der Waals surface area contributed by atoms with E-state index in [1.807, 2.05) is 0 Å². The van der Waals surface area contributed by atoms with Crippen LogP contribution in [0.5, 0.6) is 5.75 Å². The quantitative estimate of drug-likeness (QED) is 0.913. The third kappa shape index (κ3) is 2.14. The molecular weight excluding hydrogens is 302 g/mol. The van der Waals surface area contributed by atoms with E-state index in [-0.39, 0.29) is 0 Å². The Kier molecular flexibility index (Phi) is 3.39. The van der Waals surface area contributed by atoms with Crippen LogP contribution in [0.4, 0.5) is 11.4 Å². The van der Waals surface area contributed by atoms with Crippen molar-refractivity contribution < 1.29 is 9.53 Å². The van der Waals surface area contributed by atoms with Crippen LogP contribution in [0.25, 0.3) is 0 Å². The number of nitrogens with one attached hydrogen (secondary N) is 2. The van der Waals surface area contributed by atoms with Crippen LogP contribution in [0.3, 0.4) is 0 Å². The number of rotatable bonds is 3. The lowest BCUT2D eigenvalue weighted by atomic mass is 9.92. The summed E-state index contributed by atoms with van der Waals surface area (Å²) in [6.07, 6.45) is 0. The summed E-state index contributed by atoms with van der Waals surface area (Å²) in [7, 11) is 1.57. The minimum absolute atomic E-state index is 0.428. The Morgan fingerprint density at radius 3 is 2.64 bits per heavy atom. The fraction of sp³-hybridized carbons (Fsp3) is 0.125. The normalized spacial score (nSPS) is 19.0. The number of ether oxygens (including phenoxy) is 1. The molecule has 0 aromatic heterocycles. The van der Waals surface area contributed by atoms with Gasteiger partial charge in [0.05, 0.1) is 7.11 Å². The van der Waals surface area contributed by atoms with E-state index in [0.29, 0.717) is 27.7 Å². The van der Waals surface area contributed by atoms with E-state index in [1.165, 1.54) is 0 Å². The summed E-state index contributed by atoms with van der Waals surface area (Å²) in [5, 5.41) is 15.8. The van der Waals surface area contributed by atoms with Gasteiger partial charge in [-0.3, -0.25) is 4.79 Å². The summed E-state index contributed by atoms with van der Waals surface area (Å²) >= 11 is 6.01. The second-order valence-corrected chi connectivity index (χ2v) is 5.30. The van der Waals surface area contributed by atoms with E-state index in [1.54, 1.807) is 49.6 Å². The highest BCUT2D eigenvalue weighted by Gasteiger charge is 2.48. The Hall–Kier alpha value is -2.71. The van der Waals surface area contributed by atoms with Gasteiger partial charge in [-0.2, -0.15) is 5.26 Å². The number of benzene rings is 2. The van der Waals surface area contributed by atoms with Gasteiger partial charge in [-0.1, -0.05) is 11.6 Å². The maximum atomic E-state index is 12.4. The molecule has 22 heavy (non-hydrogen) atoms. The van der Waals surface area contributed by atoms with E-state index >= 15 is 0 Å². The molecule has 1 unspecified atom stereocenters. The van der Waals surface area contributed by atoms with Crippen molar-refractivity contribution in [1.29, 1.82) is 5.26 Å². The average Bonchev–Trinajstić information content (AvgIpc) is 2.80. The zero-order chi connectivity index (χ0) is 15.7. The Morgan fingerprint density at radius 1 is 1.27 bits per heavy atom. The Bertz CT molecular complexity index is 783. The smallest absolute Gasteiger partial charge is 0.269 e. The molecule has 6 heteroatoms. The number of hydrogen-bond acceptors (Lipinski definition) is 4. The van der Waals surface area contributed by atoms with Crippen LogP contribution in [0, 0.1) is 11.3 Å². The fourth-order valence-electron chi connectivity index (χ4n) is 2.43. The third-order valence-electron chi connectivity index (χ3n) is 3.56. The first-order valence-electron chi connectivity index (χ1n) is 6.54. The highest BCUT2D eigenvalue weighted by molar-refractivity contribution is 6.31. The van der Waals surface area contributed by atoms with E-state index in [0.717, 1.165) is 0 Å². The zero-order valence-corrected chi connectivity index (χ0v) is 12.4.